The topological polar surface area (TPSA) is 125 Å². The number of hydrogen-bond donors (Lipinski definition) is 2. The van der Waals surface area contributed by atoms with Gasteiger partial charge in [-0.3, -0.25) is 9.78 Å². The maximum Gasteiger partial charge on any atom is 0.307 e. The van der Waals surface area contributed by atoms with E-state index in [1.807, 2.05) is 24.5 Å². The summed E-state index contributed by atoms with van der Waals surface area (Å²) in [5, 5.41) is 16.1. The molecule has 0 spiro atoms. The van der Waals surface area contributed by atoms with Gasteiger partial charge in [0.05, 0.1) is 37.9 Å². The normalized spacial score (nSPS) is 41.4. The third kappa shape index (κ3) is 5.47. The Balaban J connectivity index is 1.35. The molecular weight excluding hydrogens is 663 g/mol. The van der Waals surface area contributed by atoms with Gasteiger partial charge in [0, 0.05) is 34.3 Å². The van der Waals surface area contributed by atoms with E-state index in [4.69, 9.17) is 25.3 Å². The summed E-state index contributed by atoms with van der Waals surface area (Å²) in [6.45, 7) is 26.6. The van der Waals surface area contributed by atoms with E-state index in [1.165, 1.54) is 5.57 Å². The quantitative estimate of drug-likeness (QED) is 0.259. The van der Waals surface area contributed by atoms with Crippen molar-refractivity contribution < 1.29 is 19.4 Å². The summed E-state index contributed by atoms with van der Waals surface area (Å²) < 4.78 is 16.1. The monoisotopic (exact) mass is 730 g/mol. The number of allylic oxidation sites excluding steroid dienone is 1. The summed E-state index contributed by atoms with van der Waals surface area (Å²) in [5.41, 5.74) is 7.43. The highest BCUT2D eigenvalue weighted by molar-refractivity contribution is 5.73. The van der Waals surface area contributed by atoms with Crippen LogP contribution in [-0.2, 0) is 14.3 Å². The third-order valence-corrected chi connectivity index (χ3v) is 17.2. The summed E-state index contributed by atoms with van der Waals surface area (Å²) in [6, 6.07) is 3.89. The molecule has 0 aromatic carbocycles. The average molecular weight is 730 g/mol. The molecule has 2 aromatic heterocycles. The number of ether oxygens (including phenoxy) is 2. The van der Waals surface area contributed by atoms with Crippen molar-refractivity contribution in [2.75, 3.05) is 19.8 Å². The van der Waals surface area contributed by atoms with Gasteiger partial charge in [0.1, 0.15) is 6.33 Å². The molecule has 3 N–H and O–H groups in total. The fourth-order valence-corrected chi connectivity index (χ4v) is 12.8. The van der Waals surface area contributed by atoms with Crippen LogP contribution in [0.15, 0.2) is 42.5 Å². The van der Waals surface area contributed by atoms with Crippen LogP contribution in [0.25, 0.3) is 11.4 Å². The van der Waals surface area contributed by atoms with Crippen LogP contribution in [-0.4, -0.2) is 62.3 Å². The van der Waals surface area contributed by atoms with E-state index >= 15 is 0 Å². The Labute approximate surface area is 318 Å². The maximum absolute atomic E-state index is 13.6. The highest BCUT2D eigenvalue weighted by Crippen LogP contribution is 2.75. The second-order valence-corrected chi connectivity index (χ2v) is 20.8. The molecule has 4 fully saturated rings. The minimum Gasteiger partial charge on any atom is -0.481 e. The van der Waals surface area contributed by atoms with Crippen LogP contribution in [0.1, 0.15) is 121 Å². The van der Waals surface area contributed by atoms with Gasteiger partial charge < -0.3 is 20.3 Å². The van der Waals surface area contributed by atoms with Gasteiger partial charge in [-0.25, -0.2) is 9.67 Å². The lowest BCUT2D eigenvalue weighted by Gasteiger charge is -2.71. The van der Waals surface area contributed by atoms with Crippen LogP contribution in [0.2, 0.25) is 0 Å². The first-order valence-electron chi connectivity index (χ1n) is 20.4. The molecule has 5 aliphatic rings. The van der Waals surface area contributed by atoms with E-state index in [-0.39, 0.29) is 50.6 Å². The highest BCUT2D eigenvalue weighted by atomic mass is 16.5. The number of rotatable bonds is 8. The van der Waals surface area contributed by atoms with Crippen molar-refractivity contribution in [1.82, 2.24) is 19.7 Å². The average Bonchev–Trinajstić information content (AvgIpc) is 3.57. The lowest BCUT2D eigenvalue weighted by Crippen LogP contribution is -2.69. The molecule has 0 amide bonds. The Morgan fingerprint density at radius 3 is 2.40 bits per heavy atom. The molecule has 1 unspecified atom stereocenters. The number of aliphatic carboxylic acids is 1. The van der Waals surface area contributed by atoms with Crippen LogP contribution in [0, 0.1) is 62.1 Å². The van der Waals surface area contributed by atoms with Crippen molar-refractivity contribution in [1.29, 1.82) is 0 Å². The van der Waals surface area contributed by atoms with Crippen molar-refractivity contribution in [3.8, 4) is 11.4 Å². The largest absolute Gasteiger partial charge is 0.481 e. The van der Waals surface area contributed by atoms with Crippen molar-refractivity contribution in [3.05, 3.63) is 42.5 Å². The molecule has 7 rings (SSSR count). The van der Waals surface area contributed by atoms with Gasteiger partial charge in [-0.15, -0.1) is 0 Å². The molecule has 9 nitrogen and oxygen atoms in total. The Bertz CT molecular complexity index is 1730. The first kappa shape index (κ1) is 38.6. The van der Waals surface area contributed by atoms with Crippen LogP contribution in [0.5, 0.6) is 0 Å². The van der Waals surface area contributed by atoms with Crippen molar-refractivity contribution >= 4 is 5.97 Å². The van der Waals surface area contributed by atoms with Gasteiger partial charge in [0.25, 0.3) is 0 Å². The van der Waals surface area contributed by atoms with Crippen molar-refractivity contribution in [2.45, 2.75) is 132 Å². The Kier molecular flexibility index (Phi) is 9.26. The molecule has 292 valence electrons. The minimum absolute atomic E-state index is 0.115. The van der Waals surface area contributed by atoms with Gasteiger partial charge in [-0.05, 0) is 103 Å². The summed E-state index contributed by atoms with van der Waals surface area (Å²) in [5.74, 6) is 1.12. The van der Waals surface area contributed by atoms with E-state index in [2.05, 4.69) is 91.9 Å². The molecule has 3 heterocycles. The van der Waals surface area contributed by atoms with Gasteiger partial charge in [-0.2, -0.15) is 5.10 Å². The molecule has 53 heavy (non-hydrogen) atoms. The van der Waals surface area contributed by atoms with Crippen LogP contribution in [0.3, 0.4) is 0 Å². The summed E-state index contributed by atoms with van der Waals surface area (Å²) in [4.78, 5) is 22.7. The fourth-order valence-electron chi connectivity index (χ4n) is 12.8. The third-order valence-electron chi connectivity index (χ3n) is 17.2. The Morgan fingerprint density at radius 1 is 1.06 bits per heavy atom. The number of nitrogens with two attached hydrogens (primary N) is 1. The highest BCUT2D eigenvalue weighted by Gasteiger charge is 2.72. The first-order chi connectivity index (χ1) is 24.7. The van der Waals surface area contributed by atoms with Crippen molar-refractivity contribution in [2.24, 2.45) is 67.8 Å². The molecule has 1 saturated heterocycles. The zero-order chi connectivity index (χ0) is 38.6. The smallest absolute Gasteiger partial charge is 0.307 e. The predicted molar refractivity (Wildman–Crippen MR) is 208 cm³/mol. The molecule has 2 bridgehead atoms. The Hall–Kier alpha value is -2.62. The molecular formula is C44H67N5O4. The number of pyridine rings is 1. The SMILES string of the molecule is CC(C)[C@@H](C)[C@@]1(C)CC[C@]2(C)[C@H]3CC[C@H]4C5(C)COC[C@@]4(C[C@@H](n4ncnc4-c4ccncc4)[C@@H]5OC[C@](C)(N)C(C)(C)C)C3=CC[C@@]2(C)[C@@H]1C(=O)O. The molecule has 2 aromatic rings. The number of hydrogen-bond acceptors (Lipinski definition) is 7. The number of fused-ring (bicyclic) bond motifs is 3. The second kappa shape index (κ2) is 12.7. The zero-order valence-corrected chi connectivity index (χ0v) is 34.4. The van der Waals surface area contributed by atoms with E-state index in [0.29, 0.717) is 37.6 Å². The standard InChI is InChI=1S/C44H67N5O4/c1-27(2)28(3)39(7)18-19-41(9)30-12-13-33-40(8)23-52-25-44(33,31(30)14-17-42(41,10)34(39)37(50)51)22-32(35(40)53-24-43(11,45)38(4,5)6)49-36(47-26-48-49)29-15-20-46-21-16-29/h14-16,20-21,26-28,30,32-35H,12-13,17-19,22-25,45H2,1-11H3,(H,50,51)/t28-,30+,32-,33+,34-,35+,39-,40?,41-,42+,43+,44+/m1/s1. The van der Waals surface area contributed by atoms with Gasteiger partial charge >= 0.3 is 5.97 Å². The minimum atomic E-state index is -0.625. The lowest BCUT2D eigenvalue weighted by atomic mass is 9.34. The summed E-state index contributed by atoms with van der Waals surface area (Å²) >= 11 is 0. The zero-order valence-electron chi connectivity index (χ0n) is 34.4. The molecule has 9 heteroatoms. The predicted octanol–water partition coefficient (Wildman–Crippen LogP) is 8.62. The van der Waals surface area contributed by atoms with Gasteiger partial charge in [0.15, 0.2) is 5.82 Å². The summed E-state index contributed by atoms with van der Waals surface area (Å²) in [7, 11) is 0. The summed E-state index contributed by atoms with van der Waals surface area (Å²) in [6.07, 6.45) is 13.3. The number of aromatic nitrogens is 4. The molecule has 0 radical (unpaired) electrons. The molecule has 3 saturated carbocycles. The van der Waals surface area contributed by atoms with Gasteiger partial charge in [-0.1, -0.05) is 80.9 Å². The first-order valence-corrected chi connectivity index (χ1v) is 20.4. The van der Waals surface area contributed by atoms with Crippen molar-refractivity contribution in [3.63, 3.8) is 0 Å². The van der Waals surface area contributed by atoms with E-state index in [9.17, 15) is 9.90 Å². The molecule has 12 atom stereocenters. The van der Waals surface area contributed by atoms with Crippen LogP contribution in [0.4, 0.5) is 0 Å². The van der Waals surface area contributed by atoms with Crippen LogP contribution < -0.4 is 5.73 Å². The Morgan fingerprint density at radius 2 is 1.75 bits per heavy atom. The molecule has 4 aliphatic carbocycles. The fraction of sp³-hybridized carbons (Fsp3) is 0.773. The number of carbonyl (C=O) groups is 1. The maximum atomic E-state index is 13.6. The van der Waals surface area contributed by atoms with Crippen LogP contribution >= 0.6 is 0 Å². The number of carboxylic acid groups (broad SMARTS) is 1. The number of carboxylic acids is 1. The molecule has 1 aliphatic heterocycles. The lowest BCUT2D eigenvalue weighted by molar-refractivity contribution is -0.253. The number of nitrogens with zero attached hydrogens (tertiary/aromatic N) is 4. The second-order valence-electron chi connectivity index (χ2n) is 20.8. The van der Waals surface area contributed by atoms with E-state index in [1.54, 1.807) is 6.33 Å². The van der Waals surface area contributed by atoms with Gasteiger partial charge in [0.2, 0.25) is 0 Å². The van der Waals surface area contributed by atoms with E-state index in [0.717, 1.165) is 49.9 Å². The van der Waals surface area contributed by atoms with E-state index < -0.39 is 17.4 Å².